The number of fused-ring (bicyclic) bond motifs is 1. The number of nitrogens with one attached hydrogen (secondary N) is 1. The third-order valence-corrected chi connectivity index (χ3v) is 5.35. The van der Waals surface area contributed by atoms with Crippen molar-refractivity contribution < 1.29 is 19.0 Å². The number of carbonyl (C=O) groups excluding carboxylic acids is 1. The molecule has 0 radical (unpaired) electrons. The summed E-state index contributed by atoms with van der Waals surface area (Å²) < 4.78 is 16.5. The Balaban J connectivity index is 1.60. The fraction of sp³-hybridized carbons (Fsp3) is 0.240. The minimum absolute atomic E-state index is 0.189. The van der Waals surface area contributed by atoms with Gasteiger partial charge in [0.1, 0.15) is 23.9 Å². The SMILES string of the molecule is COc1cc(NC(=O)c2ccc3c(c2)N(Cc2ccccc2)[C@@H](C)CO3)cc(OC)c1. The number of carbonyl (C=O) groups is 1. The second kappa shape index (κ2) is 9.00. The van der Waals surface area contributed by atoms with Crippen LogP contribution in [0.2, 0.25) is 0 Å². The van der Waals surface area contributed by atoms with Crippen molar-refractivity contribution in [1.82, 2.24) is 0 Å². The van der Waals surface area contributed by atoms with E-state index in [-0.39, 0.29) is 11.9 Å². The standard InChI is InChI=1S/C25H26N2O4/c1-17-16-31-24-10-9-19(11-23(24)27(17)15-18-7-5-4-6-8-18)25(28)26-20-12-21(29-2)14-22(13-20)30-3/h4-14,17H,15-16H2,1-3H3,(H,26,28)/t17-/m0/s1. The Hall–Kier alpha value is -3.67. The van der Waals surface area contributed by atoms with E-state index in [1.165, 1.54) is 5.56 Å². The Kier molecular flexibility index (Phi) is 5.98. The molecule has 0 spiro atoms. The van der Waals surface area contributed by atoms with Gasteiger partial charge in [-0.1, -0.05) is 30.3 Å². The van der Waals surface area contributed by atoms with Gasteiger partial charge in [-0.3, -0.25) is 4.79 Å². The molecular formula is C25H26N2O4. The zero-order valence-corrected chi connectivity index (χ0v) is 17.9. The van der Waals surface area contributed by atoms with Crippen LogP contribution in [-0.4, -0.2) is 32.8 Å². The van der Waals surface area contributed by atoms with Crippen molar-refractivity contribution in [3.8, 4) is 17.2 Å². The lowest BCUT2D eigenvalue weighted by Gasteiger charge is -2.37. The molecule has 4 rings (SSSR count). The summed E-state index contributed by atoms with van der Waals surface area (Å²) in [6, 6.07) is 21.3. The molecule has 0 fully saturated rings. The minimum Gasteiger partial charge on any atom is -0.497 e. The maximum Gasteiger partial charge on any atom is 0.255 e. The van der Waals surface area contributed by atoms with Crippen molar-refractivity contribution in [2.45, 2.75) is 19.5 Å². The van der Waals surface area contributed by atoms with E-state index >= 15 is 0 Å². The zero-order valence-electron chi connectivity index (χ0n) is 17.9. The summed E-state index contributed by atoms with van der Waals surface area (Å²) >= 11 is 0. The summed E-state index contributed by atoms with van der Waals surface area (Å²) in [5.41, 5.74) is 3.28. The van der Waals surface area contributed by atoms with Gasteiger partial charge < -0.3 is 24.4 Å². The van der Waals surface area contributed by atoms with Crippen molar-refractivity contribution in [3.63, 3.8) is 0 Å². The average Bonchev–Trinajstić information content (AvgIpc) is 2.81. The first-order valence-electron chi connectivity index (χ1n) is 10.2. The Morgan fingerprint density at radius 2 is 1.74 bits per heavy atom. The highest BCUT2D eigenvalue weighted by molar-refractivity contribution is 6.05. The predicted molar refractivity (Wildman–Crippen MR) is 122 cm³/mol. The third kappa shape index (κ3) is 4.58. The van der Waals surface area contributed by atoms with Gasteiger partial charge in [-0.25, -0.2) is 0 Å². The monoisotopic (exact) mass is 418 g/mol. The second-order valence-corrected chi connectivity index (χ2v) is 7.51. The van der Waals surface area contributed by atoms with Crippen LogP contribution in [0.4, 0.5) is 11.4 Å². The van der Waals surface area contributed by atoms with E-state index in [9.17, 15) is 4.79 Å². The molecule has 31 heavy (non-hydrogen) atoms. The summed E-state index contributed by atoms with van der Waals surface area (Å²) in [7, 11) is 3.15. The summed E-state index contributed by atoms with van der Waals surface area (Å²) in [4.78, 5) is 15.3. The Labute approximate surface area is 182 Å². The van der Waals surface area contributed by atoms with E-state index < -0.39 is 0 Å². The summed E-state index contributed by atoms with van der Waals surface area (Å²) in [5.74, 6) is 1.79. The molecule has 0 aliphatic carbocycles. The summed E-state index contributed by atoms with van der Waals surface area (Å²) in [6.45, 7) is 3.48. The topological polar surface area (TPSA) is 60.0 Å². The van der Waals surface area contributed by atoms with Crippen molar-refractivity contribution in [1.29, 1.82) is 0 Å². The van der Waals surface area contributed by atoms with Gasteiger partial charge in [0.25, 0.3) is 5.91 Å². The lowest BCUT2D eigenvalue weighted by atomic mass is 10.1. The minimum atomic E-state index is -0.212. The number of hydrogen-bond donors (Lipinski definition) is 1. The maximum absolute atomic E-state index is 13.0. The second-order valence-electron chi connectivity index (χ2n) is 7.51. The van der Waals surface area contributed by atoms with Crippen LogP contribution >= 0.6 is 0 Å². The summed E-state index contributed by atoms with van der Waals surface area (Å²) in [6.07, 6.45) is 0. The number of benzene rings is 3. The molecule has 0 saturated heterocycles. The molecule has 3 aromatic rings. The van der Waals surface area contributed by atoms with Crippen LogP contribution in [0.25, 0.3) is 0 Å². The first kappa shape index (κ1) is 20.6. The van der Waals surface area contributed by atoms with Crippen LogP contribution < -0.4 is 24.4 Å². The van der Waals surface area contributed by atoms with Crippen LogP contribution in [-0.2, 0) is 6.54 Å². The Bertz CT molecular complexity index is 1050. The zero-order chi connectivity index (χ0) is 21.8. The van der Waals surface area contributed by atoms with Gasteiger partial charge in [0.2, 0.25) is 0 Å². The number of anilines is 2. The van der Waals surface area contributed by atoms with Crippen molar-refractivity contribution in [3.05, 3.63) is 77.9 Å². The molecule has 1 atom stereocenters. The molecule has 160 valence electrons. The molecule has 3 aromatic carbocycles. The lowest BCUT2D eigenvalue weighted by Crippen LogP contribution is -2.40. The molecule has 6 nitrogen and oxygen atoms in total. The van der Waals surface area contributed by atoms with E-state index in [4.69, 9.17) is 14.2 Å². The summed E-state index contributed by atoms with van der Waals surface area (Å²) in [5, 5.41) is 2.93. The predicted octanol–water partition coefficient (Wildman–Crippen LogP) is 4.74. The van der Waals surface area contributed by atoms with Gasteiger partial charge >= 0.3 is 0 Å². The fourth-order valence-electron chi connectivity index (χ4n) is 3.65. The first-order valence-corrected chi connectivity index (χ1v) is 10.2. The number of nitrogens with zero attached hydrogens (tertiary/aromatic N) is 1. The van der Waals surface area contributed by atoms with Crippen LogP contribution in [0.5, 0.6) is 17.2 Å². The highest BCUT2D eigenvalue weighted by atomic mass is 16.5. The van der Waals surface area contributed by atoms with Crippen LogP contribution in [0.1, 0.15) is 22.8 Å². The average molecular weight is 418 g/mol. The number of amides is 1. The van der Waals surface area contributed by atoms with Gasteiger partial charge in [0, 0.05) is 36.0 Å². The maximum atomic E-state index is 13.0. The van der Waals surface area contributed by atoms with Gasteiger partial charge in [0.05, 0.1) is 25.9 Å². The Morgan fingerprint density at radius 3 is 2.42 bits per heavy atom. The number of methoxy groups -OCH3 is 2. The van der Waals surface area contributed by atoms with Crippen LogP contribution in [0.15, 0.2) is 66.7 Å². The van der Waals surface area contributed by atoms with E-state index in [0.717, 1.165) is 18.0 Å². The molecule has 1 heterocycles. The van der Waals surface area contributed by atoms with Crippen LogP contribution in [0.3, 0.4) is 0 Å². The number of rotatable bonds is 6. The van der Waals surface area contributed by atoms with Gasteiger partial charge in [0.15, 0.2) is 0 Å². The van der Waals surface area contributed by atoms with E-state index in [2.05, 4.69) is 29.3 Å². The van der Waals surface area contributed by atoms with Gasteiger partial charge in [-0.05, 0) is 30.7 Å². The molecule has 1 N–H and O–H groups in total. The highest BCUT2D eigenvalue weighted by Crippen LogP contribution is 2.36. The largest absolute Gasteiger partial charge is 0.497 e. The van der Waals surface area contributed by atoms with E-state index in [0.29, 0.717) is 29.4 Å². The molecule has 6 heteroatoms. The smallest absolute Gasteiger partial charge is 0.255 e. The highest BCUT2D eigenvalue weighted by Gasteiger charge is 2.25. The normalized spacial score (nSPS) is 14.9. The fourth-order valence-corrected chi connectivity index (χ4v) is 3.65. The first-order chi connectivity index (χ1) is 15.1. The molecule has 1 aliphatic heterocycles. The molecule has 0 saturated carbocycles. The molecule has 1 amide bonds. The van der Waals surface area contributed by atoms with Crippen molar-refractivity contribution >= 4 is 17.3 Å². The third-order valence-electron chi connectivity index (χ3n) is 5.35. The molecule has 0 bridgehead atoms. The molecule has 0 aromatic heterocycles. The van der Waals surface area contributed by atoms with Crippen molar-refractivity contribution in [2.75, 3.05) is 31.0 Å². The number of ether oxygens (including phenoxy) is 3. The molecule has 0 unspecified atom stereocenters. The van der Waals surface area contributed by atoms with Crippen molar-refractivity contribution in [2.24, 2.45) is 0 Å². The Morgan fingerprint density at radius 1 is 1.03 bits per heavy atom. The molecular weight excluding hydrogens is 392 g/mol. The van der Waals surface area contributed by atoms with Crippen LogP contribution in [0, 0.1) is 0 Å². The van der Waals surface area contributed by atoms with Gasteiger partial charge in [-0.2, -0.15) is 0 Å². The lowest BCUT2D eigenvalue weighted by molar-refractivity contribution is 0.102. The van der Waals surface area contributed by atoms with E-state index in [1.54, 1.807) is 38.5 Å². The number of hydrogen-bond acceptors (Lipinski definition) is 5. The van der Waals surface area contributed by atoms with E-state index in [1.807, 2.05) is 30.3 Å². The quantitative estimate of drug-likeness (QED) is 0.626. The molecule has 1 aliphatic rings. The van der Waals surface area contributed by atoms with Gasteiger partial charge in [-0.15, -0.1) is 0 Å².